The molecule has 0 bridgehead atoms. The fraction of sp³-hybridized carbons (Fsp3) is 0.435. The largest absolute Gasteiger partial charge is 0.353 e. The van der Waals surface area contributed by atoms with Crippen LogP contribution in [0.5, 0.6) is 0 Å². The van der Waals surface area contributed by atoms with Crippen LogP contribution in [0, 0.1) is 0 Å². The lowest BCUT2D eigenvalue weighted by atomic mass is 10.1. The summed E-state index contributed by atoms with van der Waals surface area (Å²) < 4.78 is 30.1. The highest BCUT2D eigenvalue weighted by atomic mass is 19.3. The van der Waals surface area contributed by atoms with E-state index in [9.17, 15) is 18.4 Å². The lowest BCUT2D eigenvalue weighted by Gasteiger charge is -2.29. The number of nitrogens with zero attached hydrogens (tertiary/aromatic N) is 4. The van der Waals surface area contributed by atoms with Crippen molar-refractivity contribution in [2.45, 2.75) is 44.8 Å². The molecule has 0 radical (unpaired) electrons. The van der Waals surface area contributed by atoms with Gasteiger partial charge in [-0.05, 0) is 38.5 Å². The molecule has 0 spiro atoms. The SMILES string of the molecule is CN1CCC(NC(=O)CCn2c(=O)cc(C(F)F)c3cn(Cc4ccccc4)nc32)CC1. The number of amides is 1. The summed E-state index contributed by atoms with van der Waals surface area (Å²) in [6.45, 7) is 2.33. The molecule has 1 fully saturated rings. The third kappa shape index (κ3) is 5.04. The van der Waals surface area contributed by atoms with Gasteiger partial charge in [0.2, 0.25) is 5.91 Å². The van der Waals surface area contributed by atoms with E-state index in [4.69, 9.17) is 0 Å². The zero-order valence-corrected chi connectivity index (χ0v) is 18.0. The zero-order chi connectivity index (χ0) is 22.7. The van der Waals surface area contributed by atoms with Crippen LogP contribution >= 0.6 is 0 Å². The highest BCUT2D eigenvalue weighted by molar-refractivity contribution is 5.80. The Bertz CT molecular complexity index is 1130. The minimum absolute atomic E-state index is 0.0830. The van der Waals surface area contributed by atoms with Crippen LogP contribution in [0.3, 0.4) is 0 Å². The topological polar surface area (TPSA) is 72.2 Å². The van der Waals surface area contributed by atoms with Crippen LogP contribution < -0.4 is 10.9 Å². The molecule has 170 valence electrons. The van der Waals surface area contributed by atoms with E-state index in [2.05, 4.69) is 22.4 Å². The average Bonchev–Trinajstić information content (AvgIpc) is 3.18. The molecule has 0 atom stereocenters. The van der Waals surface area contributed by atoms with Gasteiger partial charge < -0.3 is 10.2 Å². The van der Waals surface area contributed by atoms with E-state index in [-0.39, 0.29) is 41.5 Å². The second-order valence-corrected chi connectivity index (χ2v) is 8.33. The minimum Gasteiger partial charge on any atom is -0.353 e. The summed E-state index contributed by atoms with van der Waals surface area (Å²) in [6, 6.07) is 10.6. The van der Waals surface area contributed by atoms with Gasteiger partial charge in [0.15, 0.2) is 5.65 Å². The van der Waals surface area contributed by atoms with Crippen LogP contribution in [0.15, 0.2) is 47.4 Å². The number of aromatic nitrogens is 3. The summed E-state index contributed by atoms with van der Waals surface area (Å²) in [5.41, 5.74) is 0.224. The van der Waals surface area contributed by atoms with Crippen molar-refractivity contribution in [2.24, 2.45) is 0 Å². The maximum Gasteiger partial charge on any atom is 0.264 e. The Morgan fingerprint density at radius 3 is 2.62 bits per heavy atom. The molecule has 1 aliphatic rings. The monoisotopic (exact) mass is 443 g/mol. The standard InChI is InChI=1S/C23H27F2N5O2/c1-28-10-7-17(8-11-28)26-20(31)9-12-30-21(32)13-18(22(24)25)19-15-29(27-23(19)30)14-16-5-3-2-4-6-16/h2-6,13,15,17,22H,7-12,14H2,1H3,(H,26,31). The van der Waals surface area contributed by atoms with Gasteiger partial charge in [0, 0.05) is 42.2 Å². The third-order valence-corrected chi connectivity index (χ3v) is 5.92. The van der Waals surface area contributed by atoms with Gasteiger partial charge in [0.05, 0.1) is 6.54 Å². The Morgan fingerprint density at radius 1 is 1.22 bits per heavy atom. The van der Waals surface area contributed by atoms with Crippen LogP contribution in [0.25, 0.3) is 11.0 Å². The molecule has 1 aromatic carbocycles. The van der Waals surface area contributed by atoms with Gasteiger partial charge >= 0.3 is 0 Å². The second kappa shape index (κ2) is 9.60. The van der Waals surface area contributed by atoms with Gasteiger partial charge in [-0.15, -0.1) is 0 Å². The summed E-state index contributed by atoms with van der Waals surface area (Å²) in [6.07, 6.45) is 0.611. The van der Waals surface area contributed by atoms with E-state index in [0.717, 1.165) is 37.6 Å². The fourth-order valence-corrected chi connectivity index (χ4v) is 4.12. The predicted molar refractivity (Wildman–Crippen MR) is 118 cm³/mol. The molecule has 9 heteroatoms. The summed E-state index contributed by atoms with van der Waals surface area (Å²) in [7, 11) is 2.05. The first-order chi connectivity index (χ1) is 15.4. The smallest absolute Gasteiger partial charge is 0.264 e. The predicted octanol–water partition coefficient (Wildman–Crippen LogP) is 2.78. The van der Waals surface area contributed by atoms with E-state index in [1.165, 1.54) is 4.57 Å². The number of carbonyl (C=O) groups is 1. The summed E-state index contributed by atoms with van der Waals surface area (Å²) >= 11 is 0. The van der Waals surface area contributed by atoms with Crippen LogP contribution in [0.1, 0.15) is 36.8 Å². The Labute approximate surface area is 184 Å². The van der Waals surface area contributed by atoms with E-state index in [1.54, 1.807) is 10.9 Å². The first-order valence-corrected chi connectivity index (χ1v) is 10.8. The molecule has 0 saturated carbocycles. The van der Waals surface area contributed by atoms with Gasteiger partial charge in [-0.2, -0.15) is 5.10 Å². The quantitative estimate of drug-likeness (QED) is 0.610. The van der Waals surface area contributed by atoms with Gasteiger partial charge in [-0.25, -0.2) is 8.78 Å². The van der Waals surface area contributed by atoms with E-state index >= 15 is 0 Å². The van der Waals surface area contributed by atoms with Crippen molar-refractivity contribution in [2.75, 3.05) is 20.1 Å². The highest BCUT2D eigenvalue weighted by Gasteiger charge is 2.21. The number of benzene rings is 1. The maximum absolute atomic E-state index is 13.6. The zero-order valence-electron chi connectivity index (χ0n) is 18.0. The van der Waals surface area contributed by atoms with Gasteiger partial charge in [-0.3, -0.25) is 18.8 Å². The molecular weight excluding hydrogens is 416 g/mol. The van der Waals surface area contributed by atoms with Crippen LogP contribution in [0.2, 0.25) is 0 Å². The Morgan fingerprint density at radius 2 is 1.94 bits per heavy atom. The van der Waals surface area contributed by atoms with Crippen molar-refractivity contribution in [1.82, 2.24) is 24.6 Å². The summed E-state index contributed by atoms with van der Waals surface area (Å²) in [5, 5.41) is 7.67. The molecule has 0 unspecified atom stereocenters. The van der Waals surface area contributed by atoms with E-state index in [0.29, 0.717) is 6.54 Å². The van der Waals surface area contributed by atoms with Crippen LogP contribution in [0.4, 0.5) is 8.78 Å². The number of hydrogen-bond acceptors (Lipinski definition) is 4. The van der Waals surface area contributed by atoms with Gasteiger partial charge in [-0.1, -0.05) is 30.3 Å². The molecular formula is C23H27F2N5O2. The number of aryl methyl sites for hydroxylation is 1. The van der Waals surface area contributed by atoms with Crippen LogP contribution in [-0.4, -0.2) is 51.3 Å². The number of alkyl halides is 2. The molecule has 1 saturated heterocycles. The van der Waals surface area contributed by atoms with Gasteiger partial charge in [0.1, 0.15) is 0 Å². The number of hydrogen-bond donors (Lipinski definition) is 1. The molecule has 1 amide bonds. The van der Waals surface area contributed by atoms with Crippen molar-refractivity contribution in [3.63, 3.8) is 0 Å². The number of pyridine rings is 1. The number of piperidine rings is 1. The molecule has 4 rings (SSSR count). The molecule has 3 heterocycles. The lowest BCUT2D eigenvalue weighted by Crippen LogP contribution is -2.43. The average molecular weight is 443 g/mol. The summed E-state index contributed by atoms with van der Waals surface area (Å²) in [4.78, 5) is 27.3. The van der Waals surface area contributed by atoms with Crippen LogP contribution in [-0.2, 0) is 17.9 Å². The van der Waals surface area contributed by atoms with E-state index < -0.39 is 12.0 Å². The highest BCUT2D eigenvalue weighted by Crippen LogP contribution is 2.26. The fourth-order valence-electron chi connectivity index (χ4n) is 4.12. The molecule has 3 aromatic rings. The van der Waals surface area contributed by atoms with Crippen molar-refractivity contribution in [3.8, 4) is 0 Å². The van der Waals surface area contributed by atoms with Crippen molar-refractivity contribution in [3.05, 3.63) is 64.1 Å². The van der Waals surface area contributed by atoms with Gasteiger partial charge in [0.25, 0.3) is 12.0 Å². The first-order valence-electron chi connectivity index (χ1n) is 10.8. The molecule has 0 aliphatic carbocycles. The number of nitrogens with one attached hydrogen (secondary N) is 1. The Hall–Kier alpha value is -3.07. The Balaban J connectivity index is 1.55. The maximum atomic E-state index is 13.6. The van der Waals surface area contributed by atoms with Crippen molar-refractivity contribution in [1.29, 1.82) is 0 Å². The lowest BCUT2D eigenvalue weighted by molar-refractivity contribution is -0.122. The molecule has 1 aliphatic heterocycles. The number of likely N-dealkylation sites (tertiary alicyclic amines) is 1. The number of rotatable bonds is 7. The van der Waals surface area contributed by atoms with E-state index in [1.807, 2.05) is 30.3 Å². The number of halogens is 2. The second-order valence-electron chi connectivity index (χ2n) is 8.33. The first kappa shape index (κ1) is 22.1. The third-order valence-electron chi connectivity index (χ3n) is 5.92. The number of carbonyl (C=O) groups excluding carboxylic acids is 1. The molecule has 32 heavy (non-hydrogen) atoms. The molecule has 7 nitrogen and oxygen atoms in total. The number of fused-ring (bicyclic) bond motifs is 1. The normalized spacial score (nSPS) is 15.5. The minimum atomic E-state index is -2.79. The van der Waals surface area contributed by atoms with Crippen molar-refractivity contribution >= 4 is 16.9 Å². The molecule has 1 N–H and O–H groups in total. The van der Waals surface area contributed by atoms with Crippen molar-refractivity contribution < 1.29 is 13.6 Å². The molecule has 2 aromatic heterocycles. The summed E-state index contributed by atoms with van der Waals surface area (Å²) in [5.74, 6) is -0.152. The Kier molecular flexibility index (Phi) is 6.64.